The Morgan fingerprint density at radius 1 is 0.185 bits per heavy atom. The van der Waals surface area contributed by atoms with E-state index in [-0.39, 0.29) is 0 Å². The van der Waals surface area contributed by atoms with E-state index < -0.39 is 8.07 Å². The minimum atomic E-state index is -3.11. The quantitative estimate of drug-likeness (QED) is 0.0742. The molecule has 0 spiro atoms. The molecular weight excluding hydrogens is 1000 g/mol. The maximum absolute atomic E-state index is 5.29. The van der Waals surface area contributed by atoms with Gasteiger partial charge in [0.25, 0.3) is 0 Å². The Bertz CT molecular complexity index is 3890. The van der Waals surface area contributed by atoms with Crippen LogP contribution in [-0.2, 0) is 0 Å². The molecule has 9 heteroatoms. The molecule has 0 aliphatic heterocycles. The number of hydrogen-bond donors (Lipinski definition) is 0. The molecule has 0 fully saturated rings. The van der Waals surface area contributed by atoms with Crippen molar-refractivity contribution >= 4 is 63.5 Å². The lowest BCUT2D eigenvalue weighted by molar-refractivity contribution is 0.964. The molecule has 0 amide bonds. The second-order valence-electron chi connectivity index (χ2n) is 19.5. The van der Waals surface area contributed by atoms with E-state index in [4.69, 9.17) is 29.9 Å². The van der Waals surface area contributed by atoms with Crippen LogP contribution in [0.25, 0.3) is 56.7 Å². The predicted molar refractivity (Wildman–Crippen MR) is 333 cm³/mol. The van der Waals surface area contributed by atoms with E-state index in [1.807, 2.05) is 126 Å². The number of nitrogens with zero attached hydrogens (tertiary/aromatic N) is 8. The van der Waals surface area contributed by atoms with E-state index in [0.717, 1.165) is 45.0 Å². The third-order valence-corrected chi connectivity index (χ3v) is 19.4. The van der Waals surface area contributed by atoms with E-state index in [1.165, 1.54) is 31.9 Å². The molecule has 0 saturated heterocycles. The van der Waals surface area contributed by atoms with Crippen LogP contribution in [0.2, 0.25) is 0 Å². The molecule has 0 N–H and O–H groups in total. The second kappa shape index (κ2) is 22.7. The Hall–Kier alpha value is -10.7. The molecule has 13 rings (SSSR count). The van der Waals surface area contributed by atoms with Gasteiger partial charge >= 0.3 is 0 Å². The fourth-order valence-corrected chi connectivity index (χ4v) is 15.4. The molecular formula is C72H52N8Si. The molecule has 0 aliphatic carbocycles. The fourth-order valence-electron chi connectivity index (χ4n) is 10.7. The van der Waals surface area contributed by atoms with Gasteiger partial charge in [-0.3, -0.25) is 0 Å². The van der Waals surface area contributed by atoms with Gasteiger partial charge in [-0.25, -0.2) is 14.9 Å². The summed E-state index contributed by atoms with van der Waals surface area (Å²) in [6.07, 6.45) is 0. The van der Waals surface area contributed by atoms with Crippen molar-refractivity contribution in [3.63, 3.8) is 0 Å². The molecule has 0 bridgehead atoms. The van der Waals surface area contributed by atoms with Crippen molar-refractivity contribution in [1.82, 2.24) is 29.9 Å². The lowest BCUT2D eigenvalue weighted by Gasteiger charge is -2.35. The SMILES string of the molecule is c1ccc(-c2ccc(N(c3ccccc3)c3ccc([Si](c4ccccc4)(c4ccccc4)c4ccc(N(c5nc(-c6ccccc6)nc(-c6ccccc6)n5)c5nc(-c6ccccc6)nc(-c6ccccc6)n5)cc4)cc3)cc2)cc1. The van der Waals surface area contributed by atoms with Crippen molar-refractivity contribution in [3.05, 3.63) is 315 Å². The first-order valence-corrected chi connectivity index (χ1v) is 29.0. The van der Waals surface area contributed by atoms with Crippen molar-refractivity contribution in [3.8, 4) is 56.7 Å². The smallest absolute Gasteiger partial charge is 0.241 e. The number of anilines is 6. The highest BCUT2D eigenvalue weighted by atomic mass is 28.3. The van der Waals surface area contributed by atoms with Crippen molar-refractivity contribution in [2.75, 3.05) is 9.80 Å². The van der Waals surface area contributed by atoms with Gasteiger partial charge in [-0.05, 0) is 80.4 Å². The summed E-state index contributed by atoms with van der Waals surface area (Å²) < 4.78 is 0. The van der Waals surface area contributed by atoms with Crippen LogP contribution in [0.5, 0.6) is 0 Å². The van der Waals surface area contributed by atoms with Gasteiger partial charge < -0.3 is 4.90 Å². The van der Waals surface area contributed by atoms with Gasteiger partial charge in [-0.1, -0.05) is 267 Å². The number of hydrogen-bond acceptors (Lipinski definition) is 8. The zero-order valence-electron chi connectivity index (χ0n) is 44.1. The highest BCUT2D eigenvalue weighted by Crippen LogP contribution is 2.37. The third-order valence-electron chi connectivity index (χ3n) is 14.6. The molecule has 0 saturated carbocycles. The maximum atomic E-state index is 5.29. The Balaban J connectivity index is 0.997. The highest BCUT2D eigenvalue weighted by molar-refractivity contribution is 7.19. The summed E-state index contributed by atoms with van der Waals surface area (Å²) in [7, 11) is -3.11. The Kier molecular flexibility index (Phi) is 13.9. The van der Waals surface area contributed by atoms with Crippen molar-refractivity contribution < 1.29 is 0 Å². The Morgan fingerprint density at radius 2 is 0.420 bits per heavy atom. The van der Waals surface area contributed by atoms with Crippen LogP contribution < -0.4 is 30.5 Å². The molecule has 0 atom stereocenters. The molecule has 0 unspecified atom stereocenters. The summed E-state index contributed by atoms with van der Waals surface area (Å²) in [5.41, 5.74) is 9.69. The Labute approximate surface area is 472 Å². The molecule has 81 heavy (non-hydrogen) atoms. The van der Waals surface area contributed by atoms with Crippen LogP contribution in [0.15, 0.2) is 315 Å². The van der Waals surface area contributed by atoms with Crippen LogP contribution in [0.3, 0.4) is 0 Å². The zero-order chi connectivity index (χ0) is 54.2. The van der Waals surface area contributed by atoms with Gasteiger partial charge in [0, 0.05) is 39.3 Å². The molecule has 384 valence electrons. The molecule has 0 radical (unpaired) electrons. The molecule has 11 aromatic carbocycles. The summed E-state index contributed by atoms with van der Waals surface area (Å²) in [6.45, 7) is 0. The van der Waals surface area contributed by atoms with Gasteiger partial charge in [0.1, 0.15) is 0 Å². The maximum Gasteiger partial charge on any atom is 0.241 e. The van der Waals surface area contributed by atoms with Crippen LogP contribution in [0.4, 0.5) is 34.6 Å². The van der Waals surface area contributed by atoms with E-state index in [1.54, 1.807) is 0 Å². The standard InChI is InChI=1S/C72H52N8Si/c1-9-25-53(26-10-1)54-41-43-60(44-42-54)79(59-35-19-6-20-36-59)61-45-49-65(50-46-61)81(63-37-21-7-22-38-63,64-39-23-8-24-40-64)66-51-47-62(48-52-66)80(71-75-67(55-27-11-2-12-28-55)73-68(76-71)56-29-13-3-14-30-56)72-77-69(57-31-15-4-16-32-57)74-70(78-72)58-33-17-5-18-34-58/h1-52H. The topological polar surface area (TPSA) is 83.8 Å². The Morgan fingerprint density at radius 3 is 0.753 bits per heavy atom. The van der Waals surface area contributed by atoms with Crippen LogP contribution in [-0.4, -0.2) is 38.0 Å². The molecule has 8 nitrogen and oxygen atoms in total. The van der Waals surface area contributed by atoms with Crippen molar-refractivity contribution in [2.24, 2.45) is 0 Å². The lowest BCUT2D eigenvalue weighted by atomic mass is 10.0. The van der Waals surface area contributed by atoms with Gasteiger partial charge in [0.15, 0.2) is 31.4 Å². The van der Waals surface area contributed by atoms with Crippen LogP contribution in [0, 0.1) is 0 Å². The van der Waals surface area contributed by atoms with Crippen LogP contribution in [0.1, 0.15) is 0 Å². The minimum absolute atomic E-state index is 0.350. The molecule has 0 aliphatic rings. The van der Waals surface area contributed by atoms with Gasteiger partial charge in [0.2, 0.25) is 11.9 Å². The highest BCUT2D eigenvalue weighted by Gasteiger charge is 2.42. The predicted octanol–water partition coefficient (Wildman–Crippen LogP) is 14.7. The van der Waals surface area contributed by atoms with Gasteiger partial charge in [-0.15, -0.1) is 0 Å². The average molecular weight is 1060 g/mol. The number of rotatable bonds is 15. The number of benzene rings is 11. The summed E-state index contributed by atoms with van der Waals surface area (Å²) in [6, 6.07) is 110. The largest absolute Gasteiger partial charge is 0.311 e. The zero-order valence-corrected chi connectivity index (χ0v) is 45.1. The van der Waals surface area contributed by atoms with E-state index >= 15 is 0 Å². The molecule has 13 aromatic rings. The third kappa shape index (κ3) is 10.2. The summed E-state index contributed by atoms with van der Waals surface area (Å²) >= 11 is 0. The fraction of sp³-hybridized carbons (Fsp3) is 0. The number of aromatic nitrogens is 6. The van der Waals surface area contributed by atoms with E-state index in [2.05, 4.69) is 199 Å². The van der Waals surface area contributed by atoms with Crippen molar-refractivity contribution in [1.29, 1.82) is 0 Å². The lowest BCUT2D eigenvalue weighted by Crippen LogP contribution is -2.74. The van der Waals surface area contributed by atoms with E-state index in [0.29, 0.717) is 35.2 Å². The number of para-hydroxylation sites is 1. The summed E-state index contributed by atoms with van der Waals surface area (Å²) in [5, 5.41) is 4.92. The first-order chi connectivity index (χ1) is 40.2. The first kappa shape index (κ1) is 49.8. The summed E-state index contributed by atoms with van der Waals surface area (Å²) in [4.78, 5) is 35.6. The van der Waals surface area contributed by atoms with E-state index in [9.17, 15) is 0 Å². The van der Waals surface area contributed by atoms with Crippen molar-refractivity contribution in [2.45, 2.75) is 0 Å². The minimum Gasteiger partial charge on any atom is -0.311 e. The monoisotopic (exact) mass is 1060 g/mol. The molecule has 2 heterocycles. The van der Waals surface area contributed by atoms with Gasteiger partial charge in [-0.2, -0.15) is 19.9 Å². The second-order valence-corrected chi connectivity index (χ2v) is 23.3. The normalized spacial score (nSPS) is 11.2. The van der Waals surface area contributed by atoms with Crippen LogP contribution >= 0.6 is 0 Å². The molecule has 2 aromatic heterocycles. The first-order valence-electron chi connectivity index (χ1n) is 27.0. The summed E-state index contributed by atoms with van der Waals surface area (Å²) in [5.74, 6) is 2.75. The van der Waals surface area contributed by atoms with Gasteiger partial charge in [0.05, 0.1) is 5.69 Å². The average Bonchev–Trinajstić information content (AvgIpc) is 3.71.